The van der Waals surface area contributed by atoms with E-state index in [2.05, 4.69) is 48.1 Å². The van der Waals surface area contributed by atoms with Gasteiger partial charge in [-0.2, -0.15) is 0 Å². The quantitative estimate of drug-likeness (QED) is 0.308. The predicted molar refractivity (Wildman–Crippen MR) is 175 cm³/mol. The van der Waals surface area contributed by atoms with E-state index in [4.69, 9.17) is 9.15 Å². The number of nitrogens with zero attached hydrogens (tertiary/aromatic N) is 2. The van der Waals surface area contributed by atoms with Crippen LogP contribution >= 0.6 is 0 Å². The predicted octanol–water partition coefficient (Wildman–Crippen LogP) is 5.67. The first-order chi connectivity index (χ1) is 21.2. The number of likely N-dealkylation sites (N-methyl/N-ethyl adjacent to an activating group) is 1. The molecule has 44 heavy (non-hydrogen) atoms. The second-order valence-electron chi connectivity index (χ2n) is 15.4. The third-order valence-corrected chi connectivity index (χ3v) is 13.2. The maximum Gasteiger partial charge on any atom is 0.336 e. The lowest BCUT2D eigenvalue weighted by molar-refractivity contribution is -0.145. The molecule has 7 atom stereocenters. The van der Waals surface area contributed by atoms with Gasteiger partial charge in [0, 0.05) is 68.8 Å². The lowest BCUT2D eigenvalue weighted by atomic mass is 9.45. The molecule has 7 heteroatoms. The van der Waals surface area contributed by atoms with Gasteiger partial charge in [0.1, 0.15) is 11.4 Å². The number of anilines is 1. The summed E-state index contributed by atoms with van der Waals surface area (Å²) in [7, 11) is 2.16. The van der Waals surface area contributed by atoms with Crippen molar-refractivity contribution in [3.05, 3.63) is 40.2 Å². The first-order valence-electron chi connectivity index (χ1n) is 17.6. The summed E-state index contributed by atoms with van der Waals surface area (Å²) in [6.45, 7) is 11.5. The van der Waals surface area contributed by atoms with E-state index >= 15 is 0 Å². The van der Waals surface area contributed by atoms with E-state index in [0.717, 1.165) is 106 Å². The van der Waals surface area contributed by atoms with Crippen LogP contribution in [0.15, 0.2) is 33.5 Å². The number of carbonyl (C=O) groups is 1. The SMILES string of the molecule is CN1CCN(c2ccc3c(CCNCCO[C@H]4CC[C@H]5[C@@H]6CC[C@H]7CC(=O)CC[C@]7(C)[C@H]6CC[C@]45C)cc(=O)oc3c2)CC1. The maximum atomic E-state index is 12.4. The highest BCUT2D eigenvalue weighted by molar-refractivity contribution is 5.83. The molecular formula is C37H53N3O4. The Morgan fingerprint density at radius 1 is 0.932 bits per heavy atom. The second-order valence-corrected chi connectivity index (χ2v) is 15.4. The van der Waals surface area contributed by atoms with Crippen LogP contribution in [-0.2, 0) is 16.0 Å². The van der Waals surface area contributed by atoms with E-state index in [-0.39, 0.29) is 11.0 Å². The van der Waals surface area contributed by atoms with Gasteiger partial charge in [-0.1, -0.05) is 13.8 Å². The number of benzene rings is 1. The fourth-order valence-corrected chi connectivity index (χ4v) is 10.6. The minimum absolute atomic E-state index is 0.274. The first kappa shape index (κ1) is 30.4. The summed E-state index contributed by atoms with van der Waals surface area (Å²) in [4.78, 5) is 29.4. The van der Waals surface area contributed by atoms with Crippen molar-refractivity contribution in [1.82, 2.24) is 10.2 Å². The minimum atomic E-state index is -0.274. The summed E-state index contributed by atoms with van der Waals surface area (Å²) < 4.78 is 12.3. The molecule has 1 aromatic heterocycles. The van der Waals surface area contributed by atoms with Crippen molar-refractivity contribution < 1.29 is 13.9 Å². The van der Waals surface area contributed by atoms with Crippen molar-refractivity contribution in [2.75, 3.05) is 57.8 Å². The maximum absolute atomic E-state index is 12.4. The van der Waals surface area contributed by atoms with Gasteiger partial charge in [0.15, 0.2) is 0 Å². The third-order valence-electron chi connectivity index (χ3n) is 13.2. The summed E-state index contributed by atoms with van der Waals surface area (Å²) in [5, 5.41) is 4.61. The van der Waals surface area contributed by atoms with Crippen LogP contribution in [0.4, 0.5) is 5.69 Å². The topological polar surface area (TPSA) is 75.0 Å². The highest BCUT2D eigenvalue weighted by Gasteiger charge is 2.60. The largest absolute Gasteiger partial charge is 0.423 e. The van der Waals surface area contributed by atoms with Crippen molar-refractivity contribution in [3.8, 4) is 0 Å². The fraction of sp³-hybridized carbons (Fsp3) is 0.730. The van der Waals surface area contributed by atoms with E-state index in [1.54, 1.807) is 6.07 Å². The van der Waals surface area contributed by atoms with Gasteiger partial charge in [0.05, 0.1) is 12.7 Å². The van der Waals surface area contributed by atoms with E-state index in [1.807, 2.05) is 6.07 Å². The zero-order chi connectivity index (χ0) is 30.5. The molecule has 0 spiro atoms. The minimum Gasteiger partial charge on any atom is -0.423 e. The highest BCUT2D eigenvalue weighted by atomic mass is 16.5. The monoisotopic (exact) mass is 603 g/mol. The third kappa shape index (κ3) is 5.55. The van der Waals surface area contributed by atoms with Crippen LogP contribution in [0.2, 0.25) is 0 Å². The zero-order valence-electron chi connectivity index (χ0n) is 27.2. The summed E-state index contributed by atoms with van der Waals surface area (Å²) in [5.41, 5.74) is 3.25. The Bertz CT molecular complexity index is 1420. The van der Waals surface area contributed by atoms with Gasteiger partial charge >= 0.3 is 5.63 Å². The van der Waals surface area contributed by atoms with Gasteiger partial charge < -0.3 is 24.3 Å². The van der Waals surface area contributed by atoms with E-state index in [1.165, 1.54) is 38.5 Å². The molecule has 1 saturated heterocycles. The highest BCUT2D eigenvalue weighted by Crippen LogP contribution is 2.66. The second kappa shape index (κ2) is 12.2. The molecule has 2 heterocycles. The number of Topliss-reactive ketones (excluding diaryl/α,β-unsaturated/α-hetero) is 1. The molecule has 1 aliphatic heterocycles. The number of rotatable bonds is 8. The Kier molecular flexibility index (Phi) is 8.43. The Hall–Kier alpha value is -2.22. The molecule has 7 nitrogen and oxygen atoms in total. The van der Waals surface area contributed by atoms with Gasteiger partial charge in [-0.3, -0.25) is 4.79 Å². The van der Waals surface area contributed by atoms with Gasteiger partial charge in [-0.25, -0.2) is 4.79 Å². The lowest BCUT2D eigenvalue weighted by Gasteiger charge is -2.60. The summed E-state index contributed by atoms with van der Waals surface area (Å²) in [6, 6.07) is 7.99. The van der Waals surface area contributed by atoms with Crippen LogP contribution in [-0.4, -0.2) is 69.7 Å². The molecule has 0 unspecified atom stereocenters. The Morgan fingerprint density at radius 3 is 2.59 bits per heavy atom. The molecule has 0 amide bonds. The van der Waals surface area contributed by atoms with Crippen molar-refractivity contribution in [1.29, 1.82) is 0 Å². The van der Waals surface area contributed by atoms with Crippen molar-refractivity contribution >= 4 is 22.4 Å². The van der Waals surface area contributed by atoms with E-state index < -0.39 is 0 Å². The van der Waals surface area contributed by atoms with Gasteiger partial charge in [0.25, 0.3) is 0 Å². The number of hydrogen-bond acceptors (Lipinski definition) is 7. The van der Waals surface area contributed by atoms with Crippen LogP contribution < -0.4 is 15.8 Å². The Labute approximate surface area is 263 Å². The molecule has 5 fully saturated rings. The smallest absolute Gasteiger partial charge is 0.336 e. The first-order valence-corrected chi connectivity index (χ1v) is 17.6. The molecule has 0 bridgehead atoms. The normalized spacial score (nSPS) is 35.8. The number of carbonyl (C=O) groups excluding carboxylic acids is 1. The average molecular weight is 604 g/mol. The number of ketones is 1. The van der Waals surface area contributed by atoms with E-state index in [9.17, 15) is 9.59 Å². The summed E-state index contributed by atoms with van der Waals surface area (Å²) in [6.07, 6.45) is 11.5. The molecular weight excluding hydrogens is 550 g/mol. The number of nitrogens with one attached hydrogen (secondary N) is 1. The number of fused-ring (bicyclic) bond motifs is 6. The Balaban J connectivity index is 0.904. The van der Waals surface area contributed by atoms with Crippen molar-refractivity contribution in [2.24, 2.45) is 34.5 Å². The van der Waals surface area contributed by atoms with Crippen LogP contribution in [0.25, 0.3) is 11.0 Å². The van der Waals surface area contributed by atoms with Crippen LogP contribution in [0.5, 0.6) is 0 Å². The standard InChI is InChI=1S/C37H53N3O4/c1-36-13-10-28(41)23-26(36)4-6-30-31-8-9-34(37(31,2)14-11-32(30)36)43-21-16-38-15-12-25-22-35(42)44-33-24-27(5-7-29(25)33)40-19-17-39(3)18-20-40/h5,7,22,24,26,30-32,34,38H,4,6,8-21,23H2,1-3H3/t26-,30-,31-,32-,34-,36-,37-/m0/s1. The molecule has 1 aromatic carbocycles. The van der Waals surface area contributed by atoms with Gasteiger partial charge in [-0.05, 0) is 117 Å². The Morgan fingerprint density at radius 2 is 1.75 bits per heavy atom. The number of ether oxygens (including phenoxy) is 1. The fourth-order valence-electron chi connectivity index (χ4n) is 10.6. The van der Waals surface area contributed by atoms with Crippen molar-refractivity contribution in [2.45, 2.75) is 84.2 Å². The summed E-state index contributed by atoms with van der Waals surface area (Å²) >= 11 is 0. The average Bonchev–Trinajstić information content (AvgIpc) is 3.35. The molecule has 240 valence electrons. The van der Waals surface area contributed by atoms with E-state index in [0.29, 0.717) is 28.8 Å². The van der Waals surface area contributed by atoms with Crippen LogP contribution in [0, 0.1) is 34.5 Å². The lowest BCUT2D eigenvalue weighted by Crippen LogP contribution is -2.54. The molecule has 4 aliphatic carbocycles. The van der Waals surface area contributed by atoms with Crippen LogP contribution in [0.1, 0.15) is 77.2 Å². The van der Waals surface area contributed by atoms with Gasteiger partial charge in [-0.15, -0.1) is 0 Å². The van der Waals surface area contributed by atoms with Crippen molar-refractivity contribution in [3.63, 3.8) is 0 Å². The zero-order valence-corrected chi connectivity index (χ0v) is 27.2. The molecule has 0 radical (unpaired) electrons. The molecule has 4 saturated carbocycles. The molecule has 2 aromatic rings. The number of hydrogen-bond donors (Lipinski definition) is 1. The molecule has 1 N–H and O–H groups in total. The molecule has 5 aliphatic rings. The van der Waals surface area contributed by atoms with Crippen LogP contribution in [0.3, 0.4) is 0 Å². The number of piperazine rings is 1. The molecule has 7 rings (SSSR count). The summed E-state index contributed by atoms with van der Waals surface area (Å²) in [5.74, 6) is 3.50. The van der Waals surface area contributed by atoms with Gasteiger partial charge in [0.2, 0.25) is 0 Å².